The Bertz CT molecular complexity index is 1450. The van der Waals surface area contributed by atoms with Gasteiger partial charge in [-0.05, 0) is 90.1 Å². The molecule has 0 radical (unpaired) electrons. The molecule has 240 valence electrons. The first-order valence-electron chi connectivity index (χ1n) is 16.9. The molecule has 0 aromatic carbocycles. The van der Waals surface area contributed by atoms with E-state index in [0.717, 1.165) is 52.8 Å². The van der Waals surface area contributed by atoms with E-state index in [-0.39, 0.29) is 38.4 Å². The van der Waals surface area contributed by atoms with Gasteiger partial charge in [-0.3, -0.25) is 4.98 Å². The molecule has 4 fully saturated rings. The average Bonchev–Trinajstić information content (AvgIpc) is 3.53. The van der Waals surface area contributed by atoms with Crippen LogP contribution in [0.4, 0.5) is 0 Å². The van der Waals surface area contributed by atoms with Crippen LogP contribution in [0.3, 0.4) is 0 Å². The van der Waals surface area contributed by atoms with E-state index in [2.05, 4.69) is 112 Å². The maximum Gasteiger partial charge on any atom is 3.00 e. The van der Waals surface area contributed by atoms with Crippen molar-refractivity contribution in [3.8, 4) is 22.8 Å². The molecule has 4 bridgehead atoms. The first kappa shape index (κ1) is 33.5. The Hall–Kier alpha value is -1.82. The van der Waals surface area contributed by atoms with Crippen LogP contribution in [-0.2, 0) is 38.4 Å². The molecule has 3 aromatic rings. The number of aromatic nitrogens is 3. The molecular weight excluding hydrogens is 583 g/mol. The Balaban J connectivity index is 0.00000384. The van der Waals surface area contributed by atoms with Crippen LogP contribution in [-0.4, -0.2) is 17.1 Å². The zero-order valence-corrected chi connectivity index (χ0v) is 30.3. The van der Waals surface area contributed by atoms with Crippen molar-refractivity contribution in [2.45, 2.75) is 142 Å². The molecule has 4 saturated carbocycles. The van der Waals surface area contributed by atoms with Crippen LogP contribution in [0.15, 0.2) is 30.3 Å². The van der Waals surface area contributed by atoms with Gasteiger partial charge in [-0.1, -0.05) is 105 Å². The van der Waals surface area contributed by atoms with E-state index in [1.54, 1.807) is 0 Å². The molecule has 4 aliphatic rings. The van der Waals surface area contributed by atoms with Crippen molar-refractivity contribution in [3.05, 3.63) is 52.8 Å². The molecule has 4 nitrogen and oxygen atoms in total. The van der Waals surface area contributed by atoms with Gasteiger partial charge < -0.3 is 15.3 Å². The SMILES string of the molecule is CC(C)(C)c1cc(C(C)(C)C)c(-c2cccc(-c3[n-]c(C(C)(C)CNC45CC6CC(CC(C6)C4)C5)cc3C(C)(C)C)n2)[n-]1.[Co+3]. The summed E-state index contributed by atoms with van der Waals surface area (Å²) in [5.74, 6) is 2.85. The molecule has 7 rings (SSSR count). The first-order chi connectivity index (χ1) is 19.8. The van der Waals surface area contributed by atoms with E-state index in [4.69, 9.17) is 15.0 Å². The van der Waals surface area contributed by atoms with E-state index >= 15 is 0 Å². The fourth-order valence-electron chi connectivity index (χ4n) is 8.63. The Morgan fingerprint density at radius 3 is 1.55 bits per heavy atom. The van der Waals surface area contributed by atoms with Crippen molar-refractivity contribution in [1.82, 2.24) is 20.3 Å². The number of pyridine rings is 1. The van der Waals surface area contributed by atoms with Crippen molar-refractivity contribution in [1.29, 1.82) is 0 Å². The molecule has 1 N–H and O–H groups in total. The van der Waals surface area contributed by atoms with Crippen molar-refractivity contribution in [2.75, 3.05) is 6.54 Å². The van der Waals surface area contributed by atoms with Crippen molar-refractivity contribution in [2.24, 2.45) is 17.8 Å². The van der Waals surface area contributed by atoms with Crippen molar-refractivity contribution < 1.29 is 16.8 Å². The predicted octanol–water partition coefficient (Wildman–Crippen LogP) is 9.06. The molecule has 0 spiro atoms. The Morgan fingerprint density at radius 1 is 0.682 bits per heavy atom. The number of nitrogens with zero attached hydrogens (tertiary/aromatic N) is 3. The van der Waals surface area contributed by atoms with E-state index in [0.29, 0.717) is 5.54 Å². The van der Waals surface area contributed by atoms with Gasteiger partial charge in [0.05, 0.1) is 0 Å². The van der Waals surface area contributed by atoms with Gasteiger partial charge >= 0.3 is 16.8 Å². The molecular formula is C39H56CoN4+. The smallest absolute Gasteiger partial charge is 0.659 e. The van der Waals surface area contributed by atoms with E-state index in [1.165, 1.54) is 55.3 Å². The van der Waals surface area contributed by atoms with E-state index in [9.17, 15) is 0 Å². The molecule has 3 aromatic heterocycles. The van der Waals surface area contributed by atoms with Crippen LogP contribution in [0, 0.1) is 17.8 Å². The second-order valence-corrected chi connectivity index (χ2v) is 18.4. The molecule has 0 saturated heterocycles. The van der Waals surface area contributed by atoms with Gasteiger partial charge in [0.2, 0.25) is 0 Å². The summed E-state index contributed by atoms with van der Waals surface area (Å²) in [6, 6.07) is 11.1. The third-order valence-corrected chi connectivity index (χ3v) is 10.8. The van der Waals surface area contributed by atoms with Gasteiger partial charge in [0.25, 0.3) is 0 Å². The number of nitrogens with one attached hydrogen (secondary N) is 1. The van der Waals surface area contributed by atoms with E-state index < -0.39 is 0 Å². The van der Waals surface area contributed by atoms with Crippen LogP contribution in [0.5, 0.6) is 0 Å². The van der Waals surface area contributed by atoms with Gasteiger partial charge in [-0.25, -0.2) is 0 Å². The average molecular weight is 640 g/mol. The maximum atomic E-state index is 5.41. The Labute approximate surface area is 278 Å². The third kappa shape index (κ3) is 6.40. The minimum Gasteiger partial charge on any atom is -0.659 e. The van der Waals surface area contributed by atoms with Gasteiger partial charge in [0.1, 0.15) is 0 Å². The van der Waals surface area contributed by atoms with E-state index in [1.807, 2.05) is 0 Å². The number of hydrogen-bond donors (Lipinski definition) is 1. The number of hydrogen-bond acceptors (Lipinski definition) is 2. The minimum atomic E-state index is -0.0760. The molecule has 4 aliphatic carbocycles. The summed E-state index contributed by atoms with van der Waals surface area (Å²) in [6.07, 6.45) is 8.57. The van der Waals surface area contributed by atoms with Gasteiger partial charge in [0, 0.05) is 23.5 Å². The van der Waals surface area contributed by atoms with Crippen molar-refractivity contribution in [3.63, 3.8) is 0 Å². The summed E-state index contributed by atoms with van der Waals surface area (Å²) in [6.45, 7) is 26.1. The van der Waals surface area contributed by atoms with Crippen LogP contribution in [0.25, 0.3) is 22.8 Å². The molecule has 5 heteroatoms. The molecule has 0 amide bonds. The molecule has 44 heavy (non-hydrogen) atoms. The zero-order chi connectivity index (χ0) is 31.2. The van der Waals surface area contributed by atoms with Crippen LogP contribution >= 0.6 is 0 Å². The summed E-state index contributed by atoms with van der Waals surface area (Å²) in [7, 11) is 0. The second-order valence-electron chi connectivity index (χ2n) is 18.4. The maximum absolute atomic E-state index is 5.41. The summed E-state index contributed by atoms with van der Waals surface area (Å²) >= 11 is 0. The van der Waals surface area contributed by atoms with Gasteiger partial charge in [0.15, 0.2) is 0 Å². The zero-order valence-electron chi connectivity index (χ0n) is 29.2. The van der Waals surface area contributed by atoms with Crippen LogP contribution in [0.1, 0.15) is 137 Å². The third-order valence-electron chi connectivity index (χ3n) is 10.8. The quantitative estimate of drug-likeness (QED) is 0.292. The van der Waals surface area contributed by atoms with Gasteiger partial charge in [-0.15, -0.1) is 11.4 Å². The molecule has 0 aliphatic heterocycles. The van der Waals surface area contributed by atoms with Crippen LogP contribution in [0.2, 0.25) is 0 Å². The molecule has 0 atom stereocenters. The Kier molecular flexibility index (Phi) is 8.51. The summed E-state index contributed by atoms with van der Waals surface area (Å²) < 4.78 is 0. The second kappa shape index (κ2) is 11.2. The number of rotatable bonds is 6. The standard InChI is InChI=1S/C39H56N4.Co/c1-35(2,3)27-18-31(37(7,8)9)42-33(27)29-13-12-14-30(41-29)34-28(36(4,5)6)19-32(43-34)38(10,11)23-40-39-20-24-15-25(21-39)17-26(16-24)22-39;/h12-14,18-19,24-26,40H,15-17,20-23H2,1-11H3;/q-2;+3. The minimum absolute atomic E-state index is 0. The fourth-order valence-corrected chi connectivity index (χ4v) is 8.63. The summed E-state index contributed by atoms with van der Waals surface area (Å²) in [4.78, 5) is 15.9. The predicted molar refractivity (Wildman–Crippen MR) is 180 cm³/mol. The Morgan fingerprint density at radius 2 is 1.11 bits per heavy atom. The van der Waals surface area contributed by atoms with Crippen molar-refractivity contribution >= 4 is 0 Å². The first-order valence-corrected chi connectivity index (χ1v) is 16.9. The fraction of sp³-hybridized carbons (Fsp3) is 0.667. The molecule has 3 heterocycles. The summed E-state index contributed by atoms with van der Waals surface area (Å²) in [5.41, 5.74) is 8.91. The topological polar surface area (TPSA) is 53.1 Å². The van der Waals surface area contributed by atoms with Crippen LogP contribution < -0.4 is 15.3 Å². The van der Waals surface area contributed by atoms with Gasteiger partial charge in [-0.2, -0.15) is 11.4 Å². The largest absolute Gasteiger partial charge is 3.00 e. The summed E-state index contributed by atoms with van der Waals surface area (Å²) in [5, 5.41) is 4.17. The monoisotopic (exact) mass is 639 g/mol. The molecule has 0 unspecified atom stereocenters. The normalized spacial score (nSPS) is 25.4.